The van der Waals surface area contributed by atoms with Crippen molar-refractivity contribution in [2.75, 3.05) is 20.2 Å². The van der Waals surface area contributed by atoms with Gasteiger partial charge in [-0.2, -0.15) is 0 Å². The van der Waals surface area contributed by atoms with E-state index in [1.807, 2.05) is 0 Å². The van der Waals surface area contributed by atoms with Gasteiger partial charge in [0.05, 0.1) is 29.1 Å². The number of carboxylic acid groups (broad SMARTS) is 1. The number of nitrogens with zero attached hydrogens (tertiary/aromatic N) is 2. The Labute approximate surface area is 336 Å². The van der Waals surface area contributed by atoms with Crippen LogP contribution in [0.25, 0.3) is 0 Å². The van der Waals surface area contributed by atoms with Crippen molar-refractivity contribution in [3.05, 3.63) is 51.6 Å². The van der Waals surface area contributed by atoms with Crippen molar-refractivity contribution in [1.82, 2.24) is 26.2 Å². The molecular formula is C39H55N7O12. The predicted molar refractivity (Wildman–Crippen MR) is 208 cm³/mol. The number of piperidine rings is 1. The van der Waals surface area contributed by atoms with Gasteiger partial charge in [0.15, 0.2) is 0 Å². The van der Waals surface area contributed by atoms with Gasteiger partial charge in [-0.05, 0) is 62.8 Å². The summed E-state index contributed by atoms with van der Waals surface area (Å²) in [5.41, 5.74) is 3.01. The number of nitrogens with one attached hydrogen (secondary N) is 4. The first kappa shape index (κ1) is 46.5. The number of amides is 6. The number of hydrogen-bond donors (Lipinski definition) is 6. The number of esters is 1. The van der Waals surface area contributed by atoms with Crippen LogP contribution in [0, 0.1) is 27.4 Å². The largest absolute Gasteiger partial charge is 0.478 e. The molecule has 58 heavy (non-hydrogen) atoms. The molecule has 7 N–H and O–H groups in total. The van der Waals surface area contributed by atoms with Gasteiger partial charge in [-0.25, -0.2) is 9.59 Å². The van der Waals surface area contributed by atoms with E-state index < -0.39 is 105 Å². The number of ether oxygens (including phenoxy) is 1. The number of non-ortho nitro benzene ring substituents is 1. The zero-order chi connectivity index (χ0) is 43.3. The minimum absolute atomic E-state index is 0.0311. The molecule has 0 bridgehead atoms. The third kappa shape index (κ3) is 13.1. The lowest BCUT2D eigenvalue weighted by atomic mass is 9.83. The number of carbonyl (C=O) groups is 8. The molecule has 1 aliphatic heterocycles. The first-order valence-corrected chi connectivity index (χ1v) is 19.3. The molecule has 19 heteroatoms. The van der Waals surface area contributed by atoms with Crippen molar-refractivity contribution in [3.8, 4) is 0 Å². The Hall–Kier alpha value is -5.88. The third-order valence-electron chi connectivity index (χ3n) is 10.4. The van der Waals surface area contributed by atoms with Gasteiger partial charge < -0.3 is 41.7 Å². The van der Waals surface area contributed by atoms with Gasteiger partial charge in [-0.15, -0.1) is 0 Å². The van der Waals surface area contributed by atoms with E-state index >= 15 is 0 Å². The summed E-state index contributed by atoms with van der Waals surface area (Å²) in [6, 6.07) is -1.89. The summed E-state index contributed by atoms with van der Waals surface area (Å²) in [6.07, 6.45) is 7.64. The molecule has 0 radical (unpaired) electrons. The van der Waals surface area contributed by atoms with Crippen molar-refractivity contribution >= 4 is 53.1 Å². The van der Waals surface area contributed by atoms with E-state index in [9.17, 15) is 53.6 Å². The SMILES string of the molecule is COC(=O)/C=C/CC[C@H](NC(=O)c1cc([N+](=O)[O-])ccc1C(=O)O)C(=O)N[C@H](C(=O)N1CCC[C@@H](C(=O)N[C@@H](C)C(=O)N[C@H](C(N)=O)C2CCCCC2)C1)C(C)(C)C. The molecule has 318 valence electrons. The third-order valence-corrected chi connectivity index (χ3v) is 10.4. The minimum atomic E-state index is -1.54. The Morgan fingerprint density at radius 1 is 0.966 bits per heavy atom. The molecule has 5 atom stereocenters. The maximum absolute atomic E-state index is 14.2. The smallest absolute Gasteiger partial charge is 0.336 e. The molecule has 2 aliphatic rings. The molecule has 1 aromatic rings. The van der Waals surface area contributed by atoms with Crippen LogP contribution in [0.2, 0.25) is 0 Å². The summed E-state index contributed by atoms with van der Waals surface area (Å²) >= 11 is 0. The highest BCUT2D eigenvalue weighted by atomic mass is 16.6. The molecule has 1 saturated carbocycles. The van der Waals surface area contributed by atoms with Crippen LogP contribution in [0.1, 0.15) is 106 Å². The van der Waals surface area contributed by atoms with E-state index in [0.717, 1.165) is 56.4 Å². The number of hydrogen-bond acceptors (Lipinski definition) is 11. The van der Waals surface area contributed by atoms with E-state index in [1.165, 1.54) is 25.0 Å². The highest BCUT2D eigenvalue weighted by molar-refractivity contribution is 6.06. The summed E-state index contributed by atoms with van der Waals surface area (Å²) in [5, 5.41) is 31.6. The fourth-order valence-electron chi connectivity index (χ4n) is 7.06. The van der Waals surface area contributed by atoms with Crippen LogP contribution < -0.4 is 27.0 Å². The Kier molecular flexibility index (Phi) is 16.9. The maximum atomic E-state index is 14.2. The number of carbonyl (C=O) groups excluding carboxylic acids is 7. The van der Waals surface area contributed by atoms with Gasteiger partial charge in [0.1, 0.15) is 24.2 Å². The van der Waals surface area contributed by atoms with Crippen molar-refractivity contribution in [2.24, 2.45) is 23.0 Å². The van der Waals surface area contributed by atoms with Crippen LogP contribution in [-0.2, 0) is 33.5 Å². The van der Waals surface area contributed by atoms with Gasteiger partial charge in [0, 0.05) is 31.3 Å². The second kappa shape index (κ2) is 21.0. The Morgan fingerprint density at radius 3 is 2.22 bits per heavy atom. The van der Waals surface area contributed by atoms with Crippen LogP contribution in [-0.4, -0.2) is 107 Å². The molecule has 6 amide bonds. The van der Waals surface area contributed by atoms with Crippen molar-refractivity contribution in [1.29, 1.82) is 0 Å². The fraction of sp³-hybridized carbons (Fsp3) is 0.590. The molecule has 2 fully saturated rings. The summed E-state index contributed by atoms with van der Waals surface area (Å²) in [6.45, 7) is 6.82. The standard InChI is InChI=1S/C39H55N7O12/c1-22(33(49)43-30(32(40)48)23-12-7-6-8-13-23)41-34(50)24-14-11-19-45(21-24)37(53)31(39(2,3)4)44-36(52)28(15-9-10-16-29(47)58-5)42-35(51)27-20-25(46(56)57)17-18-26(27)38(54)55/h10,16-18,20,22-24,28,30-31H,6-9,11-15,19,21H2,1-5H3,(H2,40,48)(H,41,50)(H,42,51)(H,43,49)(H,44,52)(H,54,55)/b16-10+/t22-,24+,28-,30-,31+/m0/s1. The number of nitrogens with two attached hydrogens (primary N) is 1. The van der Waals surface area contributed by atoms with E-state index in [1.54, 1.807) is 20.8 Å². The van der Waals surface area contributed by atoms with E-state index in [4.69, 9.17) is 5.73 Å². The Balaban J connectivity index is 1.77. The van der Waals surface area contributed by atoms with Crippen LogP contribution in [0.15, 0.2) is 30.4 Å². The lowest BCUT2D eigenvalue weighted by Gasteiger charge is -2.39. The van der Waals surface area contributed by atoms with E-state index in [2.05, 4.69) is 26.0 Å². The monoisotopic (exact) mass is 813 g/mol. The van der Waals surface area contributed by atoms with Crippen LogP contribution in [0.3, 0.4) is 0 Å². The summed E-state index contributed by atoms with van der Waals surface area (Å²) in [5.74, 6) is -7.16. The van der Waals surface area contributed by atoms with E-state index in [-0.39, 0.29) is 31.8 Å². The van der Waals surface area contributed by atoms with E-state index in [0.29, 0.717) is 12.8 Å². The summed E-state index contributed by atoms with van der Waals surface area (Å²) in [7, 11) is 1.17. The number of primary amides is 1. The van der Waals surface area contributed by atoms with Gasteiger partial charge in [0.2, 0.25) is 29.5 Å². The Morgan fingerprint density at radius 2 is 1.64 bits per heavy atom. The summed E-state index contributed by atoms with van der Waals surface area (Å²) in [4.78, 5) is 116. The number of nitro groups is 1. The van der Waals surface area contributed by atoms with Crippen LogP contribution >= 0.6 is 0 Å². The van der Waals surface area contributed by atoms with Crippen LogP contribution in [0.5, 0.6) is 0 Å². The van der Waals surface area contributed by atoms with Gasteiger partial charge in [-0.1, -0.05) is 46.1 Å². The molecule has 1 saturated heterocycles. The highest BCUT2D eigenvalue weighted by Crippen LogP contribution is 2.27. The number of likely N-dealkylation sites (tertiary alicyclic amines) is 1. The van der Waals surface area contributed by atoms with Gasteiger partial charge in [-0.3, -0.25) is 38.9 Å². The van der Waals surface area contributed by atoms with Crippen molar-refractivity contribution < 1.29 is 53.1 Å². The second-order valence-corrected chi connectivity index (χ2v) is 15.8. The molecule has 0 spiro atoms. The van der Waals surface area contributed by atoms with Gasteiger partial charge in [0.25, 0.3) is 11.6 Å². The quantitative estimate of drug-likeness (QED) is 0.0568. The number of benzene rings is 1. The molecule has 1 aromatic carbocycles. The number of carboxylic acids is 1. The molecule has 3 rings (SSSR count). The van der Waals surface area contributed by atoms with Crippen molar-refractivity contribution in [3.63, 3.8) is 0 Å². The average molecular weight is 814 g/mol. The Bertz CT molecular complexity index is 1770. The topological polar surface area (TPSA) is 287 Å². The zero-order valence-corrected chi connectivity index (χ0v) is 33.5. The molecule has 1 heterocycles. The lowest BCUT2D eigenvalue weighted by Crippen LogP contribution is -2.60. The number of nitro benzene ring substituents is 1. The molecule has 1 aliphatic carbocycles. The first-order valence-electron chi connectivity index (χ1n) is 19.3. The fourth-order valence-corrected chi connectivity index (χ4v) is 7.06. The molecule has 0 unspecified atom stereocenters. The molecule has 19 nitrogen and oxygen atoms in total. The maximum Gasteiger partial charge on any atom is 0.336 e. The minimum Gasteiger partial charge on any atom is -0.478 e. The average Bonchev–Trinajstić information content (AvgIpc) is 3.18. The zero-order valence-electron chi connectivity index (χ0n) is 33.5. The van der Waals surface area contributed by atoms with Gasteiger partial charge >= 0.3 is 11.9 Å². The summed E-state index contributed by atoms with van der Waals surface area (Å²) < 4.78 is 4.58. The predicted octanol–water partition coefficient (Wildman–Crippen LogP) is 1.73. The second-order valence-electron chi connectivity index (χ2n) is 15.8. The first-order chi connectivity index (χ1) is 27.2. The lowest BCUT2D eigenvalue weighted by molar-refractivity contribution is -0.384. The number of allylic oxidation sites excluding steroid dienone is 1. The molecule has 0 aromatic heterocycles. The number of aromatic carboxylic acids is 1. The highest BCUT2D eigenvalue weighted by Gasteiger charge is 2.40. The normalized spacial score (nSPS) is 18.2. The van der Waals surface area contributed by atoms with Crippen molar-refractivity contribution in [2.45, 2.75) is 110 Å². The number of methoxy groups -OCH3 is 1. The van der Waals surface area contributed by atoms with Crippen LogP contribution in [0.4, 0.5) is 5.69 Å². The number of rotatable bonds is 17. The molecular weight excluding hydrogens is 758 g/mol.